The van der Waals surface area contributed by atoms with Crippen molar-refractivity contribution in [3.63, 3.8) is 0 Å². The van der Waals surface area contributed by atoms with Gasteiger partial charge in [-0.3, -0.25) is 0 Å². The maximum Gasteiger partial charge on any atom is 0.173 e. The number of hydrogen-bond donors (Lipinski definition) is 2. The SMILES string of the molecule is Cc1ccc(Oc2ccc(Cl)c(Cl)c2)c(/C(N)=N/O)c1. The summed E-state index contributed by atoms with van der Waals surface area (Å²) in [5.41, 5.74) is 7.11. The lowest BCUT2D eigenvalue weighted by Crippen LogP contribution is -2.14. The number of halogens is 2. The Kier molecular flexibility index (Phi) is 4.37. The van der Waals surface area contributed by atoms with E-state index in [1.165, 1.54) is 0 Å². The molecule has 2 rings (SSSR count). The zero-order valence-corrected chi connectivity index (χ0v) is 12.1. The van der Waals surface area contributed by atoms with Crippen molar-refractivity contribution in [3.05, 3.63) is 57.6 Å². The first kappa shape index (κ1) is 14.5. The minimum absolute atomic E-state index is 0.0243. The van der Waals surface area contributed by atoms with Gasteiger partial charge < -0.3 is 15.7 Å². The molecule has 2 aromatic rings. The summed E-state index contributed by atoms with van der Waals surface area (Å²) < 4.78 is 5.71. The van der Waals surface area contributed by atoms with Crippen LogP contribution in [-0.4, -0.2) is 11.0 Å². The van der Waals surface area contributed by atoms with E-state index in [2.05, 4.69) is 5.16 Å². The summed E-state index contributed by atoms with van der Waals surface area (Å²) in [4.78, 5) is 0. The molecule has 0 bridgehead atoms. The van der Waals surface area contributed by atoms with E-state index in [1.54, 1.807) is 30.3 Å². The molecule has 0 spiro atoms. The molecule has 0 fully saturated rings. The number of aryl methyl sites for hydroxylation is 1. The minimum atomic E-state index is -0.0243. The van der Waals surface area contributed by atoms with Gasteiger partial charge in [-0.15, -0.1) is 0 Å². The molecular formula is C14H12Cl2N2O2. The fraction of sp³-hybridized carbons (Fsp3) is 0.0714. The second-order valence-electron chi connectivity index (χ2n) is 4.16. The normalized spacial score (nSPS) is 11.4. The highest BCUT2D eigenvalue weighted by Crippen LogP contribution is 2.31. The largest absolute Gasteiger partial charge is 0.457 e. The predicted molar refractivity (Wildman–Crippen MR) is 80.2 cm³/mol. The van der Waals surface area contributed by atoms with Gasteiger partial charge in [0.2, 0.25) is 0 Å². The summed E-state index contributed by atoms with van der Waals surface area (Å²) in [5, 5.41) is 12.7. The Labute approximate surface area is 126 Å². The van der Waals surface area contributed by atoms with E-state index in [9.17, 15) is 0 Å². The first-order chi connectivity index (χ1) is 9.51. The number of rotatable bonds is 3. The summed E-state index contributed by atoms with van der Waals surface area (Å²) >= 11 is 11.8. The molecule has 2 aromatic carbocycles. The molecule has 0 radical (unpaired) electrons. The molecule has 0 aliphatic heterocycles. The van der Waals surface area contributed by atoms with Crippen LogP contribution in [0.5, 0.6) is 11.5 Å². The fourth-order valence-corrected chi connectivity index (χ4v) is 1.94. The van der Waals surface area contributed by atoms with Crippen LogP contribution in [0.4, 0.5) is 0 Å². The molecule has 0 aromatic heterocycles. The van der Waals surface area contributed by atoms with Gasteiger partial charge in [0.1, 0.15) is 11.5 Å². The van der Waals surface area contributed by atoms with Gasteiger partial charge in [0.05, 0.1) is 15.6 Å². The van der Waals surface area contributed by atoms with Gasteiger partial charge in [0.25, 0.3) is 0 Å². The van der Waals surface area contributed by atoms with Crippen molar-refractivity contribution in [3.8, 4) is 11.5 Å². The number of hydrogen-bond acceptors (Lipinski definition) is 3. The number of amidine groups is 1. The van der Waals surface area contributed by atoms with Gasteiger partial charge >= 0.3 is 0 Å². The molecule has 0 amide bonds. The van der Waals surface area contributed by atoms with Crippen molar-refractivity contribution in [2.75, 3.05) is 0 Å². The molecule has 0 heterocycles. The van der Waals surface area contributed by atoms with Gasteiger partial charge in [0, 0.05) is 6.07 Å². The lowest BCUT2D eigenvalue weighted by Gasteiger charge is -2.11. The van der Waals surface area contributed by atoms with E-state index < -0.39 is 0 Å². The van der Waals surface area contributed by atoms with E-state index >= 15 is 0 Å². The lowest BCUT2D eigenvalue weighted by molar-refractivity contribution is 0.318. The summed E-state index contributed by atoms with van der Waals surface area (Å²) in [5.74, 6) is 0.947. The average molecular weight is 311 g/mol. The predicted octanol–water partition coefficient (Wildman–Crippen LogP) is 4.19. The third-order valence-electron chi connectivity index (χ3n) is 2.64. The Morgan fingerprint density at radius 1 is 1.15 bits per heavy atom. The van der Waals surface area contributed by atoms with Crippen molar-refractivity contribution < 1.29 is 9.94 Å². The number of nitrogens with two attached hydrogens (primary N) is 1. The van der Waals surface area contributed by atoms with Crippen LogP contribution in [0.1, 0.15) is 11.1 Å². The molecular weight excluding hydrogens is 299 g/mol. The smallest absolute Gasteiger partial charge is 0.173 e. The minimum Gasteiger partial charge on any atom is -0.457 e. The fourth-order valence-electron chi connectivity index (χ4n) is 1.65. The highest BCUT2D eigenvalue weighted by molar-refractivity contribution is 6.42. The third kappa shape index (κ3) is 3.15. The average Bonchev–Trinajstić information content (AvgIpc) is 2.44. The molecule has 0 aliphatic rings. The maximum atomic E-state index is 8.82. The highest BCUT2D eigenvalue weighted by atomic mass is 35.5. The van der Waals surface area contributed by atoms with Gasteiger partial charge in [0.15, 0.2) is 5.84 Å². The molecule has 104 valence electrons. The highest BCUT2D eigenvalue weighted by Gasteiger charge is 2.10. The number of ether oxygens (including phenoxy) is 1. The molecule has 20 heavy (non-hydrogen) atoms. The second-order valence-corrected chi connectivity index (χ2v) is 4.98. The van der Waals surface area contributed by atoms with Crippen LogP contribution < -0.4 is 10.5 Å². The van der Waals surface area contributed by atoms with Gasteiger partial charge in [-0.25, -0.2) is 0 Å². The van der Waals surface area contributed by atoms with E-state index in [0.29, 0.717) is 27.1 Å². The first-order valence-corrected chi connectivity index (χ1v) is 6.48. The number of nitrogens with zero attached hydrogens (tertiary/aromatic N) is 1. The van der Waals surface area contributed by atoms with Crippen LogP contribution in [0.2, 0.25) is 10.0 Å². The van der Waals surface area contributed by atoms with Gasteiger partial charge in [-0.05, 0) is 31.2 Å². The Hall–Kier alpha value is -1.91. The molecule has 0 saturated heterocycles. The molecule has 0 saturated carbocycles. The van der Waals surface area contributed by atoms with Crippen LogP contribution in [0.25, 0.3) is 0 Å². The van der Waals surface area contributed by atoms with E-state index in [4.69, 9.17) is 38.9 Å². The van der Waals surface area contributed by atoms with Crippen molar-refractivity contribution in [1.29, 1.82) is 0 Å². The molecule has 0 unspecified atom stereocenters. The van der Waals surface area contributed by atoms with Gasteiger partial charge in [-0.2, -0.15) is 0 Å². The topological polar surface area (TPSA) is 67.8 Å². The zero-order valence-electron chi connectivity index (χ0n) is 10.6. The molecule has 6 heteroatoms. The number of oxime groups is 1. The Morgan fingerprint density at radius 3 is 2.55 bits per heavy atom. The summed E-state index contributed by atoms with van der Waals surface area (Å²) in [6, 6.07) is 10.3. The van der Waals surface area contributed by atoms with Crippen molar-refractivity contribution in [2.45, 2.75) is 6.92 Å². The van der Waals surface area contributed by atoms with Crippen LogP contribution in [0.3, 0.4) is 0 Å². The van der Waals surface area contributed by atoms with E-state index in [1.807, 2.05) is 13.0 Å². The van der Waals surface area contributed by atoms with Gasteiger partial charge in [-0.1, -0.05) is 40.0 Å². The Bertz CT molecular complexity index is 672. The quantitative estimate of drug-likeness (QED) is 0.386. The summed E-state index contributed by atoms with van der Waals surface area (Å²) in [6.07, 6.45) is 0. The maximum absolute atomic E-state index is 8.82. The van der Waals surface area contributed by atoms with Crippen molar-refractivity contribution in [1.82, 2.24) is 0 Å². The van der Waals surface area contributed by atoms with Crippen LogP contribution in [0, 0.1) is 6.92 Å². The molecule has 4 nitrogen and oxygen atoms in total. The zero-order chi connectivity index (χ0) is 14.7. The molecule has 0 atom stereocenters. The molecule has 3 N–H and O–H groups in total. The van der Waals surface area contributed by atoms with Crippen molar-refractivity contribution >= 4 is 29.0 Å². The monoisotopic (exact) mass is 310 g/mol. The Morgan fingerprint density at radius 2 is 1.90 bits per heavy atom. The van der Waals surface area contributed by atoms with Crippen LogP contribution in [0.15, 0.2) is 41.6 Å². The van der Waals surface area contributed by atoms with Crippen molar-refractivity contribution in [2.24, 2.45) is 10.9 Å². The van der Waals surface area contributed by atoms with E-state index in [-0.39, 0.29) is 5.84 Å². The van der Waals surface area contributed by atoms with Crippen LogP contribution in [-0.2, 0) is 0 Å². The lowest BCUT2D eigenvalue weighted by atomic mass is 10.1. The Balaban J connectivity index is 2.40. The molecule has 0 aliphatic carbocycles. The third-order valence-corrected chi connectivity index (χ3v) is 3.38. The first-order valence-electron chi connectivity index (χ1n) is 5.72. The second kappa shape index (κ2) is 6.03. The summed E-state index contributed by atoms with van der Waals surface area (Å²) in [6.45, 7) is 1.90. The van der Waals surface area contributed by atoms with E-state index in [0.717, 1.165) is 5.56 Å². The number of benzene rings is 2. The summed E-state index contributed by atoms with van der Waals surface area (Å²) in [7, 11) is 0. The van der Waals surface area contributed by atoms with Crippen LogP contribution >= 0.6 is 23.2 Å². The standard InChI is InChI=1S/C14H12Cl2N2O2/c1-8-2-5-13(10(6-8)14(17)18-19)20-9-3-4-11(15)12(16)7-9/h2-7,19H,1H3,(H2,17,18).